The van der Waals surface area contributed by atoms with E-state index in [1.54, 1.807) is 18.2 Å². The molecule has 1 aliphatic heterocycles. The second-order valence-electron chi connectivity index (χ2n) is 7.22. The molecule has 27 heavy (non-hydrogen) atoms. The number of carbonyl (C=O) groups is 2. The Hall–Kier alpha value is -1.97. The average molecular weight is 398 g/mol. The van der Waals surface area contributed by atoms with Crippen LogP contribution in [0.5, 0.6) is 0 Å². The number of sulfonamides is 1. The second kappa shape index (κ2) is 7.95. The maximum atomic E-state index is 12.8. The first-order valence-corrected chi connectivity index (χ1v) is 10.2. The number of rotatable bonds is 6. The maximum Gasteiger partial charge on any atom is 0.337 e. The summed E-state index contributed by atoms with van der Waals surface area (Å²) >= 11 is 0. The number of aryl methyl sites for hydroxylation is 2. The summed E-state index contributed by atoms with van der Waals surface area (Å²) in [7, 11) is -3.61. The van der Waals surface area contributed by atoms with E-state index in [1.165, 1.54) is 4.31 Å². The summed E-state index contributed by atoms with van der Waals surface area (Å²) in [6, 6.07) is 5.01. The van der Waals surface area contributed by atoms with Gasteiger partial charge >= 0.3 is 5.97 Å². The van der Waals surface area contributed by atoms with E-state index in [9.17, 15) is 23.1 Å². The van der Waals surface area contributed by atoms with E-state index in [0.29, 0.717) is 12.8 Å². The minimum absolute atomic E-state index is 0.211. The third-order valence-electron chi connectivity index (χ3n) is 5.01. The van der Waals surface area contributed by atoms with E-state index in [4.69, 9.17) is 5.11 Å². The molecule has 1 aromatic carbocycles. The first-order chi connectivity index (χ1) is 12.4. The van der Waals surface area contributed by atoms with Crippen molar-refractivity contribution in [2.75, 3.05) is 19.6 Å². The molecule has 0 aliphatic carbocycles. The van der Waals surface area contributed by atoms with Crippen LogP contribution in [0, 0.1) is 19.8 Å². The number of carbonyl (C=O) groups excluding carboxylic acids is 1. The van der Waals surface area contributed by atoms with Gasteiger partial charge in [-0.05, 0) is 56.9 Å². The van der Waals surface area contributed by atoms with Gasteiger partial charge in [0, 0.05) is 19.0 Å². The number of aliphatic carboxylic acids is 1. The molecular formula is C18H26N2O6S. The fourth-order valence-electron chi connectivity index (χ4n) is 2.86. The molecule has 0 bridgehead atoms. The molecule has 2 rings (SSSR count). The lowest BCUT2D eigenvalue weighted by molar-refractivity contribution is -0.156. The standard InChI is InChI=1S/C18H26N2O6S/c1-12-4-5-15(10-13(12)2)27(25,26)20-8-6-14(7-9-20)16(21)19-11-18(3,24)17(22)23/h4-5,10,14,24H,6-9,11H2,1-3H3,(H,19,21)(H,22,23). The Labute approximate surface area is 159 Å². The summed E-state index contributed by atoms with van der Waals surface area (Å²) in [5.74, 6) is -2.21. The molecule has 1 heterocycles. The zero-order valence-corrected chi connectivity index (χ0v) is 16.5. The number of carboxylic acids is 1. The Bertz CT molecular complexity index is 826. The van der Waals surface area contributed by atoms with Crippen molar-refractivity contribution in [2.45, 2.75) is 44.1 Å². The molecule has 1 saturated heterocycles. The molecule has 0 spiro atoms. The van der Waals surface area contributed by atoms with Crippen LogP contribution in [0.15, 0.2) is 23.1 Å². The highest BCUT2D eigenvalue weighted by molar-refractivity contribution is 7.89. The van der Waals surface area contributed by atoms with Gasteiger partial charge in [0.25, 0.3) is 0 Å². The van der Waals surface area contributed by atoms with Crippen molar-refractivity contribution < 1.29 is 28.2 Å². The van der Waals surface area contributed by atoms with E-state index in [-0.39, 0.29) is 23.9 Å². The minimum Gasteiger partial charge on any atom is -0.479 e. The average Bonchev–Trinajstić information content (AvgIpc) is 2.62. The summed E-state index contributed by atoms with van der Waals surface area (Å²) < 4.78 is 26.9. The zero-order chi connectivity index (χ0) is 20.4. The van der Waals surface area contributed by atoms with E-state index < -0.39 is 34.1 Å². The summed E-state index contributed by atoms with van der Waals surface area (Å²) in [5.41, 5.74) is -0.124. The largest absolute Gasteiger partial charge is 0.479 e. The van der Waals surface area contributed by atoms with E-state index in [1.807, 2.05) is 13.8 Å². The first-order valence-electron chi connectivity index (χ1n) is 8.76. The van der Waals surface area contributed by atoms with Crippen LogP contribution >= 0.6 is 0 Å². The Balaban J connectivity index is 1.97. The number of nitrogens with one attached hydrogen (secondary N) is 1. The molecule has 8 nitrogen and oxygen atoms in total. The van der Waals surface area contributed by atoms with Crippen molar-refractivity contribution in [1.82, 2.24) is 9.62 Å². The highest BCUT2D eigenvalue weighted by atomic mass is 32.2. The van der Waals surface area contributed by atoms with E-state index >= 15 is 0 Å². The number of nitrogens with zero attached hydrogens (tertiary/aromatic N) is 1. The van der Waals surface area contributed by atoms with Gasteiger partial charge in [-0.25, -0.2) is 13.2 Å². The lowest BCUT2D eigenvalue weighted by atomic mass is 9.97. The fourth-order valence-corrected chi connectivity index (χ4v) is 4.42. The molecule has 1 atom stereocenters. The third kappa shape index (κ3) is 4.85. The highest BCUT2D eigenvalue weighted by Crippen LogP contribution is 2.25. The van der Waals surface area contributed by atoms with Gasteiger partial charge in [0.1, 0.15) is 0 Å². The van der Waals surface area contributed by atoms with Crippen LogP contribution in [0.3, 0.4) is 0 Å². The topological polar surface area (TPSA) is 124 Å². The number of hydrogen-bond acceptors (Lipinski definition) is 5. The number of hydrogen-bond donors (Lipinski definition) is 3. The Morgan fingerprint density at radius 2 is 1.81 bits per heavy atom. The lowest BCUT2D eigenvalue weighted by Crippen LogP contribution is -2.49. The van der Waals surface area contributed by atoms with Crippen LogP contribution in [0.4, 0.5) is 0 Å². The highest BCUT2D eigenvalue weighted by Gasteiger charge is 2.34. The molecule has 0 aromatic heterocycles. The minimum atomic E-state index is -3.61. The van der Waals surface area contributed by atoms with Gasteiger partial charge in [-0.2, -0.15) is 4.31 Å². The predicted molar refractivity (Wildman–Crippen MR) is 98.7 cm³/mol. The fraction of sp³-hybridized carbons (Fsp3) is 0.556. The van der Waals surface area contributed by atoms with Crippen molar-refractivity contribution in [3.63, 3.8) is 0 Å². The van der Waals surface area contributed by atoms with Crippen LogP contribution in [0.25, 0.3) is 0 Å². The van der Waals surface area contributed by atoms with Crippen LogP contribution in [-0.4, -0.2) is 60.0 Å². The normalized spacial score (nSPS) is 18.7. The van der Waals surface area contributed by atoms with Crippen molar-refractivity contribution in [3.05, 3.63) is 29.3 Å². The van der Waals surface area contributed by atoms with Crippen LogP contribution in [0.2, 0.25) is 0 Å². The number of aliphatic hydroxyl groups is 1. The lowest BCUT2D eigenvalue weighted by Gasteiger charge is -2.31. The van der Waals surface area contributed by atoms with Crippen LogP contribution < -0.4 is 5.32 Å². The molecule has 3 N–H and O–H groups in total. The van der Waals surface area contributed by atoms with E-state index in [2.05, 4.69) is 5.32 Å². The quantitative estimate of drug-likeness (QED) is 0.647. The SMILES string of the molecule is Cc1ccc(S(=O)(=O)N2CCC(C(=O)NCC(C)(O)C(=O)O)CC2)cc1C. The van der Waals surface area contributed by atoms with Gasteiger partial charge in [0.2, 0.25) is 15.9 Å². The van der Waals surface area contributed by atoms with Gasteiger partial charge in [0.15, 0.2) is 5.60 Å². The first kappa shape index (κ1) is 21.3. The molecule has 150 valence electrons. The molecule has 1 unspecified atom stereocenters. The number of amides is 1. The second-order valence-corrected chi connectivity index (χ2v) is 9.16. The maximum absolute atomic E-state index is 12.8. The van der Waals surface area contributed by atoms with Crippen LogP contribution in [-0.2, 0) is 19.6 Å². The Morgan fingerprint density at radius 3 is 2.33 bits per heavy atom. The van der Waals surface area contributed by atoms with Gasteiger partial charge in [-0.3, -0.25) is 4.79 Å². The Morgan fingerprint density at radius 1 is 1.22 bits per heavy atom. The van der Waals surface area contributed by atoms with Crippen molar-refractivity contribution in [1.29, 1.82) is 0 Å². The summed E-state index contributed by atoms with van der Waals surface area (Å²) in [4.78, 5) is 23.3. The van der Waals surface area contributed by atoms with E-state index in [0.717, 1.165) is 18.1 Å². The number of piperidine rings is 1. The van der Waals surface area contributed by atoms with Gasteiger partial charge in [-0.15, -0.1) is 0 Å². The third-order valence-corrected chi connectivity index (χ3v) is 6.90. The predicted octanol–water partition coefficient (Wildman–Crippen LogP) is 0.656. The van der Waals surface area contributed by atoms with Crippen molar-refractivity contribution in [2.24, 2.45) is 5.92 Å². The van der Waals surface area contributed by atoms with Crippen molar-refractivity contribution in [3.8, 4) is 0 Å². The molecule has 1 amide bonds. The summed E-state index contributed by atoms with van der Waals surface area (Å²) in [6.07, 6.45) is 0.677. The molecule has 0 saturated carbocycles. The molecule has 1 fully saturated rings. The van der Waals surface area contributed by atoms with Gasteiger partial charge in [0.05, 0.1) is 11.4 Å². The molecule has 1 aliphatic rings. The van der Waals surface area contributed by atoms with Crippen molar-refractivity contribution >= 4 is 21.9 Å². The van der Waals surface area contributed by atoms with Gasteiger partial charge < -0.3 is 15.5 Å². The zero-order valence-electron chi connectivity index (χ0n) is 15.7. The monoisotopic (exact) mass is 398 g/mol. The van der Waals surface area contributed by atoms with Gasteiger partial charge in [-0.1, -0.05) is 6.07 Å². The molecular weight excluding hydrogens is 372 g/mol. The molecule has 1 aromatic rings. The number of benzene rings is 1. The number of carboxylic acid groups (broad SMARTS) is 1. The molecule has 0 radical (unpaired) electrons. The summed E-state index contributed by atoms with van der Waals surface area (Å²) in [6.45, 7) is 4.90. The smallest absolute Gasteiger partial charge is 0.337 e. The summed E-state index contributed by atoms with van der Waals surface area (Å²) in [5, 5.41) is 20.9. The molecule has 9 heteroatoms. The Kier molecular flexibility index (Phi) is 6.28. The van der Waals surface area contributed by atoms with Crippen LogP contribution in [0.1, 0.15) is 30.9 Å².